The normalized spacial score (nSPS) is 9.69. The molecular formula is C10H19O3. The van der Waals surface area contributed by atoms with Gasteiger partial charge in [-0.15, -0.1) is 0 Å². The van der Waals surface area contributed by atoms with Crippen molar-refractivity contribution < 1.29 is 14.3 Å². The van der Waals surface area contributed by atoms with Gasteiger partial charge < -0.3 is 9.47 Å². The third-order valence-electron chi connectivity index (χ3n) is 1.58. The Balaban J connectivity index is 3.11. The van der Waals surface area contributed by atoms with E-state index in [0.29, 0.717) is 13.2 Å². The Hall–Kier alpha value is -0.730. The van der Waals surface area contributed by atoms with Gasteiger partial charge >= 0.3 is 6.16 Å². The number of hydrogen-bond acceptors (Lipinski definition) is 3. The number of hydrogen-bond donors (Lipinski definition) is 0. The molecule has 0 bridgehead atoms. The smallest absolute Gasteiger partial charge is 0.434 e. The second kappa shape index (κ2) is 9.36. The van der Waals surface area contributed by atoms with Gasteiger partial charge in [0, 0.05) is 0 Å². The molecule has 13 heavy (non-hydrogen) atoms. The maximum absolute atomic E-state index is 10.8. The molecule has 0 aliphatic rings. The molecule has 0 saturated carbocycles. The third kappa shape index (κ3) is 9.18. The van der Waals surface area contributed by atoms with Crippen LogP contribution >= 0.6 is 0 Å². The third-order valence-corrected chi connectivity index (χ3v) is 1.58. The van der Waals surface area contributed by atoms with Crippen molar-refractivity contribution in [2.45, 2.75) is 39.0 Å². The summed E-state index contributed by atoms with van der Waals surface area (Å²) in [5.41, 5.74) is 0. The SMILES string of the molecule is [CH2]CCCOC(=O)OCCCCC. The Morgan fingerprint density at radius 2 is 1.77 bits per heavy atom. The first-order valence-corrected chi connectivity index (χ1v) is 4.90. The number of ether oxygens (including phenoxy) is 2. The van der Waals surface area contributed by atoms with E-state index in [2.05, 4.69) is 13.8 Å². The number of unbranched alkanes of at least 4 members (excludes halogenated alkanes) is 3. The first-order valence-electron chi connectivity index (χ1n) is 4.90. The fourth-order valence-corrected chi connectivity index (χ4v) is 0.807. The Kier molecular flexibility index (Phi) is 8.83. The van der Waals surface area contributed by atoms with Crippen LogP contribution in [0.2, 0.25) is 0 Å². The zero-order valence-electron chi connectivity index (χ0n) is 8.38. The molecular weight excluding hydrogens is 168 g/mol. The van der Waals surface area contributed by atoms with Crippen molar-refractivity contribution in [3.8, 4) is 0 Å². The van der Waals surface area contributed by atoms with Crippen LogP contribution in [0.15, 0.2) is 0 Å². The van der Waals surface area contributed by atoms with E-state index in [4.69, 9.17) is 9.47 Å². The first kappa shape index (κ1) is 12.3. The molecule has 0 aromatic rings. The Morgan fingerprint density at radius 1 is 1.15 bits per heavy atom. The predicted molar refractivity (Wildman–Crippen MR) is 51.4 cm³/mol. The molecule has 0 heterocycles. The maximum Gasteiger partial charge on any atom is 0.508 e. The molecule has 0 fully saturated rings. The molecule has 77 valence electrons. The summed E-state index contributed by atoms with van der Waals surface area (Å²) in [5.74, 6) is 0. The summed E-state index contributed by atoms with van der Waals surface area (Å²) in [7, 11) is 0. The summed E-state index contributed by atoms with van der Waals surface area (Å²) in [5, 5.41) is 0. The quantitative estimate of drug-likeness (QED) is 0.454. The standard InChI is InChI=1S/C10H19O3/c1-3-5-7-9-13-10(11)12-8-6-4-2/h2-9H2,1H3. The molecule has 0 amide bonds. The molecule has 0 aliphatic heterocycles. The highest BCUT2D eigenvalue weighted by Crippen LogP contribution is 1.96. The highest BCUT2D eigenvalue weighted by atomic mass is 16.7. The minimum atomic E-state index is -0.551. The van der Waals surface area contributed by atoms with Gasteiger partial charge in [-0.25, -0.2) is 4.79 Å². The van der Waals surface area contributed by atoms with E-state index in [1.54, 1.807) is 0 Å². The minimum Gasteiger partial charge on any atom is -0.434 e. The topological polar surface area (TPSA) is 35.5 Å². The van der Waals surface area contributed by atoms with Crippen molar-refractivity contribution >= 4 is 6.16 Å². The van der Waals surface area contributed by atoms with E-state index in [-0.39, 0.29) is 0 Å². The van der Waals surface area contributed by atoms with Crippen LogP contribution in [0.4, 0.5) is 4.79 Å². The largest absolute Gasteiger partial charge is 0.508 e. The van der Waals surface area contributed by atoms with E-state index in [9.17, 15) is 4.79 Å². The molecule has 1 radical (unpaired) electrons. The van der Waals surface area contributed by atoms with E-state index in [1.165, 1.54) is 0 Å². The van der Waals surface area contributed by atoms with Gasteiger partial charge in [-0.1, -0.05) is 33.1 Å². The van der Waals surface area contributed by atoms with Gasteiger partial charge in [-0.2, -0.15) is 0 Å². The molecule has 0 rings (SSSR count). The van der Waals surface area contributed by atoms with Gasteiger partial charge in [0.15, 0.2) is 0 Å². The van der Waals surface area contributed by atoms with Crippen LogP contribution in [0, 0.1) is 6.92 Å². The molecule has 0 saturated heterocycles. The van der Waals surface area contributed by atoms with Gasteiger partial charge in [0.2, 0.25) is 0 Å². The van der Waals surface area contributed by atoms with E-state index in [1.807, 2.05) is 0 Å². The number of rotatable bonds is 7. The monoisotopic (exact) mass is 187 g/mol. The lowest BCUT2D eigenvalue weighted by Gasteiger charge is -2.04. The fraction of sp³-hybridized carbons (Fsp3) is 0.800. The fourth-order valence-electron chi connectivity index (χ4n) is 0.807. The summed E-state index contributed by atoms with van der Waals surface area (Å²) >= 11 is 0. The average molecular weight is 187 g/mol. The highest BCUT2D eigenvalue weighted by molar-refractivity contribution is 5.59. The van der Waals surface area contributed by atoms with Crippen LogP contribution in [0.5, 0.6) is 0 Å². The van der Waals surface area contributed by atoms with Crippen molar-refractivity contribution in [2.75, 3.05) is 13.2 Å². The van der Waals surface area contributed by atoms with E-state index < -0.39 is 6.16 Å². The Morgan fingerprint density at radius 3 is 2.31 bits per heavy atom. The molecule has 0 N–H and O–H groups in total. The number of carbonyl (C=O) groups excluding carboxylic acids is 1. The summed E-state index contributed by atoms with van der Waals surface area (Å²) in [4.78, 5) is 10.8. The first-order chi connectivity index (χ1) is 6.31. The summed E-state index contributed by atoms with van der Waals surface area (Å²) in [6, 6.07) is 0. The van der Waals surface area contributed by atoms with Crippen molar-refractivity contribution in [3.63, 3.8) is 0 Å². The molecule has 0 aromatic heterocycles. The maximum atomic E-state index is 10.8. The summed E-state index contributed by atoms with van der Waals surface area (Å²) < 4.78 is 9.57. The highest BCUT2D eigenvalue weighted by Gasteiger charge is 2.01. The van der Waals surface area contributed by atoms with Crippen LogP contribution < -0.4 is 0 Å². The number of carbonyl (C=O) groups is 1. The molecule has 3 nitrogen and oxygen atoms in total. The predicted octanol–water partition coefficient (Wildman–Crippen LogP) is 2.94. The van der Waals surface area contributed by atoms with Crippen LogP contribution in [0.25, 0.3) is 0 Å². The summed E-state index contributed by atoms with van der Waals surface area (Å²) in [6.07, 6.45) is 4.16. The summed E-state index contributed by atoms with van der Waals surface area (Å²) in [6.45, 7) is 6.62. The van der Waals surface area contributed by atoms with Gasteiger partial charge in [-0.05, 0) is 12.8 Å². The van der Waals surface area contributed by atoms with Crippen molar-refractivity contribution in [1.29, 1.82) is 0 Å². The average Bonchev–Trinajstić information content (AvgIpc) is 2.13. The van der Waals surface area contributed by atoms with Gasteiger partial charge in [-0.3, -0.25) is 0 Å². The zero-order valence-corrected chi connectivity index (χ0v) is 8.38. The lowest BCUT2D eigenvalue weighted by Crippen LogP contribution is -2.09. The molecule has 0 aliphatic carbocycles. The molecule has 0 atom stereocenters. The lowest BCUT2D eigenvalue weighted by molar-refractivity contribution is 0.0536. The van der Waals surface area contributed by atoms with Gasteiger partial charge in [0.25, 0.3) is 0 Å². The van der Waals surface area contributed by atoms with Crippen molar-refractivity contribution in [3.05, 3.63) is 6.92 Å². The minimum absolute atomic E-state index is 0.413. The van der Waals surface area contributed by atoms with Crippen molar-refractivity contribution in [1.82, 2.24) is 0 Å². The van der Waals surface area contributed by atoms with E-state index >= 15 is 0 Å². The second-order valence-corrected chi connectivity index (χ2v) is 2.86. The lowest BCUT2D eigenvalue weighted by atomic mass is 10.3. The second-order valence-electron chi connectivity index (χ2n) is 2.86. The molecule has 3 heteroatoms. The molecule has 0 unspecified atom stereocenters. The van der Waals surface area contributed by atoms with Gasteiger partial charge in [0.05, 0.1) is 13.2 Å². The van der Waals surface area contributed by atoms with Crippen molar-refractivity contribution in [2.24, 2.45) is 0 Å². The van der Waals surface area contributed by atoms with E-state index in [0.717, 1.165) is 32.1 Å². The Labute approximate surface area is 80.4 Å². The molecule has 0 aromatic carbocycles. The van der Waals surface area contributed by atoms with Gasteiger partial charge in [0.1, 0.15) is 0 Å². The van der Waals surface area contributed by atoms with Crippen LogP contribution in [0.1, 0.15) is 39.0 Å². The molecule has 0 spiro atoms. The van der Waals surface area contributed by atoms with Crippen LogP contribution in [-0.2, 0) is 9.47 Å². The Bertz CT molecular complexity index is 123. The van der Waals surface area contributed by atoms with Crippen LogP contribution in [-0.4, -0.2) is 19.4 Å². The van der Waals surface area contributed by atoms with Crippen LogP contribution in [0.3, 0.4) is 0 Å². The zero-order chi connectivity index (χ0) is 9.94.